The van der Waals surface area contributed by atoms with Crippen LogP contribution in [-0.2, 0) is 11.2 Å². The number of carbonyl (C=O) groups excluding carboxylic acids is 1. The minimum Gasteiger partial charge on any atom is -0.326 e. The summed E-state index contributed by atoms with van der Waals surface area (Å²) < 4.78 is 0. The standard InChI is InChI=1S/C24H19NO/c26-24(17-21-11-6-10-20-9-4-5-12-23(20)21)25-22-15-13-19(14-16-22)18-7-2-1-3-8-18/h1-16H,17H2,(H,25,26). The van der Waals surface area contributed by atoms with Crippen LogP contribution >= 0.6 is 0 Å². The lowest BCUT2D eigenvalue weighted by Gasteiger charge is -2.09. The van der Waals surface area contributed by atoms with E-state index in [0.29, 0.717) is 6.42 Å². The van der Waals surface area contributed by atoms with Crippen molar-refractivity contribution >= 4 is 22.4 Å². The van der Waals surface area contributed by atoms with E-state index < -0.39 is 0 Å². The Morgan fingerprint density at radius 1 is 0.654 bits per heavy atom. The van der Waals surface area contributed by atoms with E-state index >= 15 is 0 Å². The molecule has 2 heteroatoms. The second-order valence-electron chi connectivity index (χ2n) is 6.31. The molecule has 1 amide bonds. The Hall–Kier alpha value is -3.39. The smallest absolute Gasteiger partial charge is 0.228 e. The SMILES string of the molecule is O=C(Cc1cccc2ccccc12)Nc1ccc(-c2ccccc2)cc1. The molecule has 0 atom stereocenters. The van der Waals surface area contributed by atoms with Gasteiger partial charge in [-0.25, -0.2) is 0 Å². The summed E-state index contributed by atoms with van der Waals surface area (Å²) in [5.41, 5.74) is 4.16. The fourth-order valence-electron chi connectivity index (χ4n) is 3.20. The molecule has 0 saturated heterocycles. The van der Waals surface area contributed by atoms with Gasteiger partial charge in [0.1, 0.15) is 0 Å². The third-order valence-corrected chi connectivity index (χ3v) is 4.51. The molecule has 0 saturated carbocycles. The number of carbonyl (C=O) groups is 1. The molecule has 0 bridgehead atoms. The van der Waals surface area contributed by atoms with E-state index in [1.165, 1.54) is 5.56 Å². The zero-order valence-electron chi connectivity index (χ0n) is 14.4. The summed E-state index contributed by atoms with van der Waals surface area (Å²) in [5, 5.41) is 5.28. The first-order valence-electron chi connectivity index (χ1n) is 8.71. The molecule has 2 nitrogen and oxygen atoms in total. The van der Waals surface area contributed by atoms with Gasteiger partial charge in [0.2, 0.25) is 5.91 Å². The van der Waals surface area contributed by atoms with Crippen molar-refractivity contribution in [2.45, 2.75) is 6.42 Å². The number of benzene rings is 4. The Bertz CT molecular complexity index is 1030. The van der Waals surface area contributed by atoms with Gasteiger partial charge in [0.25, 0.3) is 0 Å². The van der Waals surface area contributed by atoms with Crippen molar-refractivity contribution in [2.75, 3.05) is 5.32 Å². The molecule has 26 heavy (non-hydrogen) atoms. The Labute approximate surface area is 153 Å². The predicted octanol–water partition coefficient (Wildman–Crippen LogP) is 5.69. The molecule has 1 N–H and O–H groups in total. The van der Waals surface area contributed by atoms with Crippen molar-refractivity contribution in [1.82, 2.24) is 0 Å². The first kappa shape index (κ1) is 16.1. The van der Waals surface area contributed by atoms with Crippen LogP contribution in [0.15, 0.2) is 97.1 Å². The molecule has 4 aromatic carbocycles. The lowest BCUT2D eigenvalue weighted by molar-refractivity contribution is -0.115. The monoisotopic (exact) mass is 337 g/mol. The van der Waals surface area contributed by atoms with Crippen molar-refractivity contribution in [1.29, 1.82) is 0 Å². The molecule has 0 aromatic heterocycles. The summed E-state index contributed by atoms with van der Waals surface area (Å²) in [5.74, 6) is -0.00573. The first-order chi connectivity index (χ1) is 12.8. The maximum absolute atomic E-state index is 12.5. The third kappa shape index (κ3) is 3.50. The van der Waals surface area contributed by atoms with Gasteiger partial charge in [0.05, 0.1) is 6.42 Å². The van der Waals surface area contributed by atoms with Crippen molar-refractivity contribution in [2.24, 2.45) is 0 Å². The number of amides is 1. The fraction of sp³-hybridized carbons (Fsp3) is 0.0417. The van der Waals surface area contributed by atoms with Gasteiger partial charge in [-0.3, -0.25) is 4.79 Å². The average molecular weight is 337 g/mol. The Morgan fingerprint density at radius 2 is 1.31 bits per heavy atom. The number of hydrogen-bond acceptors (Lipinski definition) is 1. The summed E-state index contributed by atoms with van der Waals surface area (Å²) in [6.07, 6.45) is 0.363. The van der Waals surface area contributed by atoms with Crippen LogP contribution in [0.2, 0.25) is 0 Å². The van der Waals surface area contributed by atoms with Crippen LogP contribution in [0.5, 0.6) is 0 Å². The highest BCUT2D eigenvalue weighted by Gasteiger charge is 2.07. The van der Waals surface area contributed by atoms with E-state index in [0.717, 1.165) is 27.6 Å². The molecule has 0 aliphatic heterocycles. The Kier molecular flexibility index (Phi) is 4.48. The third-order valence-electron chi connectivity index (χ3n) is 4.51. The van der Waals surface area contributed by atoms with Gasteiger partial charge in [-0.15, -0.1) is 0 Å². The molecule has 0 aliphatic carbocycles. The quantitative estimate of drug-likeness (QED) is 0.509. The minimum atomic E-state index is -0.00573. The van der Waals surface area contributed by atoms with E-state index in [-0.39, 0.29) is 5.91 Å². The number of anilines is 1. The molecule has 4 rings (SSSR count). The van der Waals surface area contributed by atoms with Crippen LogP contribution in [-0.4, -0.2) is 5.91 Å². The van der Waals surface area contributed by atoms with Crippen LogP contribution in [0.4, 0.5) is 5.69 Å². The van der Waals surface area contributed by atoms with Crippen molar-refractivity contribution in [3.05, 3.63) is 103 Å². The minimum absolute atomic E-state index is 0.00573. The molecule has 0 fully saturated rings. The van der Waals surface area contributed by atoms with Gasteiger partial charge in [-0.05, 0) is 39.6 Å². The van der Waals surface area contributed by atoms with Crippen LogP contribution in [0.1, 0.15) is 5.56 Å². The molecular weight excluding hydrogens is 318 g/mol. The summed E-state index contributed by atoms with van der Waals surface area (Å²) >= 11 is 0. The van der Waals surface area contributed by atoms with Gasteiger partial charge >= 0.3 is 0 Å². The van der Waals surface area contributed by atoms with E-state index in [1.807, 2.05) is 66.7 Å². The molecule has 0 radical (unpaired) electrons. The molecule has 0 spiro atoms. The highest BCUT2D eigenvalue weighted by atomic mass is 16.1. The summed E-state index contributed by atoms with van der Waals surface area (Å²) in [6, 6.07) is 32.4. The van der Waals surface area contributed by atoms with Crippen molar-refractivity contribution in [3.8, 4) is 11.1 Å². The van der Waals surface area contributed by atoms with Crippen LogP contribution in [0.25, 0.3) is 21.9 Å². The maximum Gasteiger partial charge on any atom is 0.228 e. The van der Waals surface area contributed by atoms with Gasteiger partial charge in [0.15, 0.2) is 0 Å². The first-order valence-corrected chi connectivity index (χ1v) is 8.71. The van der Waals surface area contributed by atoms with Gasteiger partial charge < -0.3 is 5.32 Å². The second-order valence-corrected chi connectivity index (χ2v) is 6.31. The number of hydrogen-bond donors (Lipinski definition) is 1. The van der Waals surface area contributed by atoms with Crippen LogP contribution in [0.3, 0.4) is 0 Å². The molecule has 126 valence electrons. The van der Waals surface area contributed by atoms with Crippen molar-refractivity contribution < 1.29 is 4.79 Å². The highest BCUT2D eigenvalue weighted by molar-refractivity contribution is 5.96. The van der Waals surface area contributed by atoms with Gasteiger partial charge in [0, 0.05) is 5.69 Å². The van der Waals surface area contributed by atoms with Crippen molar-refractivity contribution in [3.63, 3.8) is 0 Å². The summed E-state index contributed by atoms with van der Waals surface area (Å²) in [6.45, 7) is 0. The predicted molar refractivity (Wildman–Crippen MR) is 108 cm³/mol. The zero-order valence-corrected chi connectivity index (χ0v) is 14.4. The van der Waals surface area contributed by atoms with Crippen LogP contribution in [0, 0.1) is 0 Å². The summed E-state index contributed by atoms with van der Waals surface area (Å²) in [4.78, 5) is 12.5. The Balaban J connectivity index is 1.48. The van der Waals surface area contributed by atoms with E-state index in [4.69, 9.17) is 0 Å². The number of nitrogens with one attached hydrogen (secondary N) is 1. The van der Waals surface area contributed by atoms with Gasteiger partial charge in [-0.2, -0.15) is 0 Å². The summed E-state index contributed by atoms with van der Waals surface area (Å²) in [7, 11) is 0. The Morgan fingerprint density at radius 3 is 2.12 bits per heavy atom. The normalized spacial score (nSPS) is 10.6. The van der Waals surface area contributed by atoms with E-state index in [1.54, 1.807) is 0 Å². The largest absolute Gasteiger partial charge is 0.326 e. The molecule has 4 aromatic rings. The van der Waals surface area contributed by atoms with Crippen LogP contribution < -0.4 is 5.32 Å². The fourth-order valence-corrected chi connectivity index (χ4v) is 3.20. The van der Waals surface area contributed by atoms with Gasteiger partial charge in [-0.1, -0.05) is 84.9 Å². The lowest BCUT2D eigenvalue weighted by Crippen LogP contribution is -2.14. The molecular formula is C24H19NO. The molecule has 0 unspecified atom stereocenters. The molecule has 0 heterocycles. The zero-order chi connectivity index (χ0) is 17.8. The van der Waals surface area contributed by atoms with E-state index in [2.05, 4.69) is 35.6 Å². The maximum atomic E-state index is 12.5. The molecule has 0 aliphatic rings. The lowest BCUT2D eigenvalue weighted by atomic mass is 10.0. The van der Waals surface area contributed by atoms with E-state index in [9.17, 15) is 4.79 Å². The second kappa shape index (κ2) is 7.24. The topological polar surface area (TPSA) is 29.1 Å². The number of fused-ring (bicyclic) bond motifs is 1. The number of rotatable bonds is 4. The average Bonchev–Trinajstić information content (AvgIpc) is 2.69. The highest BCUT2D eigenvalue weighted by Crippen LogP contribution is 2.22.